The average molecular weight is 280 g/mol. The van der Waals surface area contributed by atoms with Gasteiger partial charge in [-0.25, -0.2) is 0 Å². The summed E-state index contributed by atoms with van der Waals surface area (Å²) in [5, 5.41) is 0. The van der Waals surface area contributed by atoms with E-state index >= 15 is 0 Å². The summed E-state index contributed by atoms with van der Waals surface area (Å²) in [6.45, 7) is 6.78. The molecule has 2 atom stereocenters. The predicted octanol–water partition coefficient (Wildman–Crippen LogP) is 1.89. The first-order chi connectivity index (χ1) is 9.79. The molecule has 3 rings (SSSR count). The summed E-state index contributed by atoms with van der Waals surface area (Å²) >= 11 is 0. The smallest absolute Gasteiger partial charge is 0.240 e. The van der Waals surface area contributed by atoms with Gasteiger partial charge in [-0.3, -0.25) is 9.69 Å². The van der Waals surface area contributed by atoms with Gasteiger partial charge >= 0.3 is 0 Å². The molecule has 0 bridgehead atoms. The van der Waals surface area contributed by atoms with Crippen molar-refractivity contribution in [3.05, 3.63) is 0 Å². The summed E-state index contributed by atoms with van der Waals surface area (Å²) in [5.41, 5.74) is 0. The Morgan fingerprint density at radius 3 is 2.55 bits per heavy atom. The van der Waals surface area contributed by atoms with E-state index in [1.165, 1.54) is 25.7 Å². The van der Waals surface area contributed by atoms with E-state index in [-0.39, 0.29) is 12.1 Å². The Kier molecular flexibility index (Phi) is 4.61. The molecule has 0 radical (unpaired) electrons. The van der Waals surface area contributed by atoms with Gasteiger partial charge in [0, 0.05) is 19.7 Å². The normalized spacial score (nSPS) is 29.6. The van der Waals surface area contributed by atoms with Crippen molar-refractivity contribution >= 4 is 5.91 Å². The zero-order chi connectivity index (χ0) is 13.9. The quantitative estimate of drug-likeness (QED) is 0.771. The van der Waals surface area contributed by atoms with E-state index < -0.39 is 0 Å². The van der Waals surface area contributed by atoms with Crippen LogP contribution in [-0.4, -0.2) is 60.6 Å². The van der Waals surface area contributed by atoms with Crippen LogP contribution in [0, 0.1) is 5.92 Å². The molecule has 2 saturated heterocycles. The molecule has 0 N–H and O–H groups in total. The lowest BCUT2D eigenvalue weighted by Gasteiger charge is -2.37. The van der Waals surface area contributed by atoms with E-state index in [4.69, 9.17) is 4.74 Å². The van der Waals surface area contributed by atoms with Gasteiger partial charge in [-0.15, -0.1) is 0 Å². The van der Waals surface area contributed by atoms with E-state index in [2.05, 4.69) is 9.80 Å². The third-order valence-electron chi connectivity index (χ3n) is 4.95. The van der Waals surface area contributed by atoms with Crippen molar-refractivity contribution in [2.75, 3.05) is 32.8 Å². The van der Waals surface area contributed by atoms with Crippen LogP contribution in [0.4, 0.5) is 0 Å². The van der Waals surface area contributed by atoms with Crippen LogP contribution in [0.2, 0.25) is 0 Å². The van der Waals surface area contributed by atoms with Crippen molar-refractivity contribution in [2.24, 2.45) is 5.92 Å². The number of hydrogen-bond acceptors (Lipinski definition) is 3. The van der Waals surface area contributed by atoms with Gasteiger partial charge in [0.05, 0.1) is 12.1 Å². The SMILES string of the molecule is CCO[C@H]1CCCN(C(=O)[C@H](C2CC2)N2CCCC2)C1. The van der Waals surface area contributed by atoms with Gasteiger partial charge in [-0.05, 0) is 64.5 Å². The molecule has 114 valence electrons. The fraction of sp³-hybridized carbons (Fsp3) is 0.938. The fourth-order valence-corrected chi connectivity index (χ4v) is 3.78. The summed E-state index contributed by atoms with van der Waals surface area (Å²) in [4.78, 5) is 17.5. The lowest BCUT2D eigenvalue weighted by Crippen LogP contribution is -2.53. The molecule has 4 heteroatoms. The van der Waals surface area contributed by atoms with Crippen molar-refractivity contribution in [3.8, 4) is 0 Å². The standard InChI is InChI=1S/C16H28N2O2/c1-2-20-14-6-5-11-18(12-14)16(19)15(13-7-8-13)17-9-3-4-10-17/h13-15H,2-12H2,1H3/t14-,15-/m0/s1. The molecular weight excluding hydrogens is 252 g/mol. The van der Waals surface area contributed by atoms with Crippen LogP contribution in [0.25, 0.3) is 0 Å². The van der Waals surface area contributed by atoms with Crippen molar-refractivity contribution in [3.63, 3.8) is 0 Å². The maximum absolute atomic E-state index is 12.9. The van der Waals surface area contributed by atoms with Crippen LogP contribution in [0.1, 0.15) is 45.4 Å². The Morgan fingerprint density at radius 1 is 1.15 bits per heavy atom. The minimum Gasteiger partial charge on any atom is -0.377 e. The number of ether oxygens (including phenoxy) is 1. The molecule has 1 aliphatic carbocycles. The fourth-order valence-electron chi connectivity index (χ4n) is 3.78. The predicted molar refractivity (Wildman–Crippen MR) is 78.5 cm³/mol. The molecule has 0 unspecified atom stereocenters. The lowest BCUT2D eigenvalue weighted by molar-refractivity contribution is -0.141. The van der Waals surface area contributed by atoms with Gasteiger partial charge in [0.25, 0.3) is 0 Å². The third-order valence-corrected chi connectivity index (χ3v) is 4.95. The van der Waals surface area contributed by atoms with Gasteiger partial charge in [-0.2, -0.15) is 0 Å². The Morgan fingerprint density at radius 2 is 1.90 bits per heavy atom. The first-order valence-electron chi connectivity index (χ1n) is 8.44. The molecule has 20 heavy (non-hydrogen) atoms. The van der Waals surface area contributed by atoms with Gasteiger partial charge < -0.3 is 9.64 Å². The van der Waals surface area contributed by atoms with Crippen LogP contribution in [0.3, 0.4) is 0 Å². The highest BCUT2D eigenvalue weighted by molar-refractivity contribution is 5.82. The van der Waals surface area contributed by atoms with Gasteiger partial charge in [0.2, 0.25) is 5.91 Å². The zero-order valence-electron chi connectivity index (χ0n) is 12.7. The molecule has 0 aromatic carbocycles. The Balaban J connectivity index is 1.63. The zero-order valence-corrected chi connectivity index (χ0v) is 12.7. The average Bonchev–Trinajstić information content (AvgIpc) is 3.14. The first-order valence-corrected chi connectivity index (χ1v) is 8.44. The number of carbonyl (C=O) groups excluding carboxylic acids is 1. The van der Waals surface area contributed by atoms with Crippen molar-refractivity contribution in [1.29, 1.82) is 0 Å². The number of rotatable bonds is 5. The monoisotopic (exact) mass is 280 g/mol. The molecule has 2 aliphatic heterocycles. The highest BCUT2D eigenvalue weighted by Gasteiger charge is 2.43. The second kappa shape index (κ2) is 6.44. The number of amides is 1. The maximum atomic E-state index is 12.9. The molecule has 3 aliphatic rings. The van der Waals surface area contributed by atoms with E-state index in [1.807, 2.05) is 6.92 Å². The number of nitrogens with zero attached hydrogens (tertiary/aromatic N) is 2. The van der Waals surface area contributed by atoms with Crippen LogP contribution >= 0.6 is 0 Å². The topological polar surface area (TPSA) is 32.8 Å². The number of likely N-dealkylation sites (tertiary alicyclic amines) is 2. The molecular formula is C16H28N2O2. The molecule has 0 aromatic rings. The highest BCUT2D eigenvalue weighted by atomic mass is 16.5. The molecule has 1 saturated carbocycles. The summed E-state index contributed by atoms with van der Waals surface area (Å²) in [7, 11) is 0. The summed E-state index contributed by atoms with van der Waals surface area (Å²) in [6.07, 6.45) is 7.47. The molecule has 3 fully saturated rings. The first kappa shape index (κ1) is 14.3. The van der Waals surface area contributed by atoms with Crippen LogP contribution in [0.15, 0.2) is 0 Å². The van der Waals surface area contributed by atoms with E-state index in [9.17, 15) is 4.79 Å². The molecule has 4 nitrogen and oxygen atoms in total. The minimum atomic E-state index is 0.179. The van der Waals surface area contributed by atoms with Crippen LogP contribution in [0.5, 0.6) is 0 Å². The largest absolute Gasteiger partial charge is 0.377 e. The van der Waals surface area contributed by atoms with E-state index in [0.29, 0.717) is 11.8 Å². The Bertz CT molecular complexity index is 335. The maximum Gasteiger partial charge on any atom is 0.240 e. The number of carbonyl (C=O) groups is 1. The van der Waals surface area contributed by atoms with Crippen LogP contribution < -0.4 is 0 Å². The number of piperidine rings is 1. The van der Waals surface area contributed by atoms with Crippen LogP contribution in [-0.2, 0) is 9.53 Å². The van der Waals surface area contributed by atoms with E-state index in [0.717, 1.165) is 45.6 Å². The molecule has 1 amide bonds. The van der Waals surface area contributed by atoms with Crippen molar-refractivity contribution in [1.82, 2.24) is 9.80 Å². The second-order valence-electron chi connectivity index (χ2n) is 6.53. The second-order valence-corrected chi connectivity index (χ2v) is 6.53. The molecule has 0 aromatic heterocycles. The Hall–Kier alpha value is -0.610. The van der Waals surface area contributed by atoms with Crippen molar-refractivity contribution in [2.45, 2.75) is 57.6 Å². The summed E-state index contributed by atoms with van der Waals surface area (Å²) < 4.78 is 5.74. The molecule has 0 spiro atoms. The number of hydrogen-bond donors (Lipinski definition) is 0. The van der Waals surface area contributed by atoms with Gasteiger partial charge in [0.1, 0.15) is 0 Å². The highest BCUT2D eigenvalue weighted by Crippen LogP contribution is 2.37. The van der Waals surface area contributed by atoms with Crippen molar-refractivity contribution < 1.29 is 9.53 Å². The van der Waals surface area contributed by atoms with Gasteiger partial charge in [0.15, 0.2) is 0 Å². The van der Waals surface area contributed by atoms with E-state index in [1.54, 1.807) is 0 Å². The summed E-state index contributed by atoms with van der Waals surface area (Å²) in [5.74, 6) is 1.02. The van der Waals surface area contributed by atoms with Gasteiger partial charge in [-0.1, -0.05) is 0 Å². The lowest BCUT2D eigenvalue weighted by atomic mass is 10.0. The third kappa shape index (κ3) is 3.17. The minimum absolute atomic E-state index is 0.179. The molecule has 2 heterocycles. The Labute approximate surface area is 122 Å². The summed E-state index contributed by atoms with van der Waals surface area (Å²) in [6, 6.07) is 0.179.